The quantitative estimate of drug-likeness (QED) is 0.821. The molecule has 0 radical (unpaired) electrons. The fraction of sp³-hybridized carbons (Fsp3) is 0.500. The number of piperidine rings is 1. The Labute approximate surface area is 145 Å². The number of benzene rings is 1. The number of anilines is 1. The van der Waals surface area contributed by atoms with E-state index >= 15 is 0 Å². The minimum absolute atomic E-state index is 0. The van der Waals surface area contributed by atoms with Crippen LogP contribution in [0.5, 0.6) is 0 Å². The summed E-state index contributed by atoms with van der Waals surface area (Å²) in [5.41, 5.74) is 0.657. The van der Waals surface area contributed by atoms with Crippen LogP contribution in [0.1, 0.15) is 12.8 Å². The van der Waals surface area contributed by atoms with E-state index in [0.29, 0.717) is 23.3 Å². The molecule has 0 unspecified atom stereocenters. The zero-order chi connectivity index (χ0) is 14.5. The molecule has 1 amide bonds. The molecule has 1 heterocycles. The molecule has 1 saturated heterocycles. The lowest BCUT2D eigenvalue weighted by atomic mass is 10.1. The second-order valence-corrected chi connectivity index (χ2v) is 6.33. The van der Waals surface area contributed by atoms with Gasteiger partial charge in [-0.05, 0) is 38.1 Å². The van der Waals surface area contributed by atoms with Gasteiger partial charge >= 0.3 is 0 Å². The van der Waals surface area contributed by atoms with Gasteiger partial charge in [0.2, 0.25) is 5.91 Å². The molecule has 0 atom stereocenters. The molecule has 0 saturated carbocycles. The number of amides is 1. The summed E-state index contributed by atoms with van der Waals surface area (Å²) in [7, 11) is 1.99. The average molecular weight is 397 g/mol. The first-order chi connectivity index (χ1) is 9.58. The first-order valence-corrected chi connectivity index (χ1v) is 7.90. The van der Waals surface area contributed by atoms with Crippen LogP contribution in [0.3, 0.4) is 0 Å². The van der Waals surface area contributed by atoms with Gasteiger partial charge in [0.15, 0.2) is 0 Å². The molecule has 2 rings (SSSR count). The number of nitrogens with zero attached hydrogens (tertiary/aromatic N) is 1. The van der Waals surface area contributed by atoms with Gasteiger partial charge in [0.25, 0.3) is 0 Å². The average Bonchev–Trinajstić information content (AvgIpc) is 2.43. The Morgan fingerprint density at radius 3 is 2.67 bits per heavy atom. The predicted octanol–water partition coefficient (Wildman–Crippen LogP) is 3.15. The highest BCUT2D eigenvalue weighted by Crippen LogP contribution is 2.25. The maximum atomic E-state index is 12.0. The first kappa shape index (κ1) is 18.7. The summed E-state index contributed by atoms with van der Waals surface area (Å²) in [6.07, 6.45) is 2.17. The minimum Gasteiger partial charge on any atom is -0.324 e. The molecule has 7 heteroatoms. The lowest BCUT2D eigenvalue weighted by molar-refractivity contribution is -0.117. The largest absolute Gasteiger partial charge is 0.324 e. The van der Waals surface area contributed by atoms with Crippen molar-refractivity contribution >= 4 is 51.5 Å². The van der Waals surface area contributed by atoms with Crippen molar-refractivity contribution in [3.05, 3.63) is 27.7 Å². The SMILES string of the molecule is CNC1CCN(CC(=O)Nc2ccc(Br)cc2Cl)CC1.Cl. The van der Waals surface area contributed by atoms with Crippen LogP contribution in [0.25, 0.3) is 0 Å². The summed E-state index contributed by atoms with van der Waals surface area (Å²) in [6.45, 7) is 2.32. The topological polar surface area (TPSA) is 44.4 Å². The lowest BCUT2D eigenvalue weighted by Gasteiger charge is -2.31. The second kappa shape index (κ2) is 8.96. The summed E-state index contributed by atoms with van der Waals surface area (Å²) in [5.74, 6) is -0.0165. The molecule has 1 aliphatic heterocycles. The molecule has 0 aromatic heterocycles. The van der Waals surface area contributed by atoms with Crippen LogP contribution in [-0.4, -0.2) is 43.5 Å². The monoisotopic (exact) mass is 395 g/mol. The Balaban J connectivity index is 0.00000220. The van der Waals surface area contributed by atoms with E-state index in [1.54, 1.807) is 12.1 Å². The highest BCUT2D eigenvalue weighted by Gasteiger charge is 2.19. The number of rotatable bonds is 4. The van der Waals surface area contributed by atoms with Gasteiger partial charge in [-0.25, -0.2) is 0 Å². The molecule has 0 aliphatic carbocycles. The Morgan fingerprint density at radius 2 is 2.10 bits per heavy atom. The van der Waals surface area contributed by atoms with Gasteiger partial charge in [0.05, 0.1) is 17.3 Å². The molecule has 4 nitrogen and oxygen atoms in total. The standard InChI is InChI=1S/C14H19BrClN3O.ClH/c1-17-11-4-6-19(7-5-11)9-14(20)18-13-3-2-10(15)8-12(13)16;/h2-3,8,11,17H,4-7,9H2,1H3,(H,18,20);1H. The number of halogens is 3. The molecule has 2 N–H and O–H groups in total. The third kappa shape index (κ3) is 5.75. The minimum atomic E-state index is -0.0165. The smallest absolute Gasteiger partial charge is 0.238 e. The van der Waals surface area contributed by atoms with Gasteiger partial charge in [-0.15, -0.1) is 12.4 Å². The number of nitrogens with one attached hydrogen (secondary N) is 2. The van der Waals surface area contributed by atoms with Crippen molar-refractivity contribution in [2.24, 2.45) is 0 Å². The van der Waals surface area contributed by atoms with E-state index in [9.17, 15) is 4.79 Å². The molecule has 1 aromatic carbocycles. The molecule has 1 aromatic rings. The van der Waals surface area contributed by atoms with Crippen molar-refractivity contribution in [2.45, 2.75) is 18.9 Å². The molecule has 118 valence electrons. The molecule has 21 heavy (non-hydrogen) atoms. The highest BCUT2D eigenvalue weighted by atomic mass is 79.9. The number of carbonyl (C=O) groups is 1. The van der Waals surface area contributed by atoms with E-state index in [1.165, 1.54) is 0 Å². The molecule has 0 spiro atoms. The summed E-state index contributed by atoms with van der Waals surface area (Å²) in [6, 6.07) is 6.02. The van der Waals surface area contributed by atoms with Crippen molar-refractivity contribution in [3.8, 4) is 0 Å². The maximum Gasteiger partial charge on any atom is 0.238 e. The van der Waals surface area contributed by atoms with Crippen LogP contribution in [-0.2, 0) is 4.79 Å². The fourth-order valence-electron chi connectivity index (χ4n) is 2.36. The van der Waals surface area contributed by atoms with E-state index in [-0.39, 0.29) is 18.3 Å². The fourth-order valence-corrected chi connectivity index (χ4v) is 3.08. The van der Waals surface area contributed by atoms with E-state index in [1.807, 2.05) is 13.1 Å². The summed E-state index contributed by atoms with van der Waals surface area (Å²) in [5, 5.41) is 6.69. The van der Waals surface area contributed by atoms with Gasteiger partial charge in [0.1, 0.15) is 0 Å². The molecule has 1 aliphatic rings. The summed E-state index contributed by atoms with van der Waals surface area (Å²) >= 11 is 9.43. The van der Waals surface area contributed by atoms with Gasteiger partial charge < -0.3 is 10.6 Å². The van der Waals surface area contributed by atoms with Crippen molar-refractivity contribution in [2.75, 3.05) is 32.0 Å². The number of hydrogen-bond acceptors (Lipinski definition) is 3. The molecular weight excluding hydrogens is 377 g/mol. The predicted molar refractivity (Wildman–Crippen MR) is 93.6 cm³/mol. The summed E-state index contributed by atoms with van der Waals surface area (Å²) in [4.78, 5) is 14.2. The number of likely N-dealkylation sites (tertiary alicyclic amines) is 1. The van der Waals surface area contributed by atoms with Crippen LogP contribution in [0.4, 0.5) is 5.69 Å². The van der Waals surface area contributed by atoms with E-state index in [2.05, 4.69) is 31.5 Å². The molecule has 1 fully saturated rings. The van der Waals surface area contributed by atoms with E-state index in [0.717, 1.165) is 30.4 Å². The maximum absolute atomic E-state index is 12.0. The number of hydrogen-bond donors (Lipinski definition) is 2. The van der Waals surface area contributed by atoms with Crippen LogP contribution >= 0.6 is 39.9 Å². The van der Waals surface area contributed by atoms with Crippen LogP contribution in [0.2, 0.25) is 5.02 Å². The van der Waals surface area contributed by atoms with Gasteiger partial charge in [-0.2, -0.15) is 0 Å². The first-order valence-electron chi connectivity index (χ1n) is 6.73. The molecular formula is C14H20BrCl2N3O. The van der Waals surface area contributed by atoms with E-state index < -0.39 is 0 Å². The summed E-state index contributed by atoms with van der Waals surface area (Å²) < 4.78 is 0.898. The Bertz CT molecular complexity index is 479. The highest BCUT2D eigenvalue weighted by molar-refractivity contribution is 9.10. The van der Waals surface area contributed by atoms with Crippen LogP contribution in [0, 0.1) is 0 Å². The van der Waals surface area contributed by atoms with Crippen molar-refractivity contribution in [3.63, 3.8) is 0 Å². The van der Waals surface area contributed by atoms with Crippen LogP contribution < -0.4 is 10.6 Å². The Kier molecular flexibility index (Phi) is 7.98. The van der Waals surface area contributed by atoms with Gasteiger partial charge in [0, 0.05) is 23.6 Å². The van der Waals surface area contributed by atoms with Crippen molar-refractivity contribution in [1.82, 2.24) is 10.2 Å². The number of carbonyl (C=O) groups excluding carboxylic acids is 1. The lowest BCUT2D eigenvalue weighted by Crippen LogP contribution is -2.44. The van der Waals surface area contributed by atoms with Crippen LogP contribution in [0.15, 0.2) is 22.7 Å². The van der Waals surface area contributed by atoms with Gasteiger partial charge in [-0.3, -0.25) is 9.69 Å². The Hall–Kier alpha value is -0.330. The van der Waals surface area contributed by atoms with E-state index in [4.69, 9.17) is 11.6 Å². The van der Waals surface area contributed by atoms with Gasteiger partial charge in [-0.1, -0.05) is 27.5 Å². The Morgan fingerprint density at radius 1 is 1.43 bits per heavy atom. The zero-order valence-corrected chi connectivity index (χ0v) is 15.0. The third-order valence-electron chi connectivity index (χ3n) is 3.57. The third-order valence-corrected chi connectivity index (χ3v) is 4.37. The normalized spacial score (nSPS) is 16.3. The van der Waals surface area contributed by atoms with Crippen molar-refractivity contribution < 1.29 is 4.79 Å². The zero-order valence-electron chi connectivity index (χ0n) is 11.9. The second-order valence-electron chi connectivity index (χ2n) is 5.01. The molecule has 0 bridgehead atoms. The van der Waals surface area contributed by atoms with Crippen molar-refractivity contribution in [1.29, 1.82) is 0 Å².